The minimum absolute atomic E-state index is 0.0227. The van der Waals surface area contributed by atoms with Crippen LogP contribution in [-0.2, 0) is 11.2 Å². The Morgan fingerprint density at radius 2 is 2.29 bits per heavy atom. The molecule has 2 rings (SSSR count). The van der Waals surface area contributed by atoms with Crippen LogP contribution in [-0.4, -0.2) is 19.3 Å². The molecule has 4 nitrogen and oxygen atoms in total. The second kappa shape index (κ2) is 5.49. The van der Waals surface area contributed by atoms with Gasteiger partial charge in [0.25, 0.3) is 0 Å². The van der Waals surface area contributed by atoms with E-state index in [1.165, 1.54) is 5.56 Å². The molecule has 0 fully saturated rings. The van der Waals surface area contributed by atoms with Gasteiger partial charge < -0.3 is 9.47 Å². The SMILES string of the molecule is CC(C)OCC(NN)c1cccc2c1OCC2. The maximum atomic E-state index is 5.67. The number of hydrogen-bond acceptors (Lipinski definition) is 4. The van der Waals surface area contributed by atoms with E-state index in [4.69, 9.17) is 15.3 Å². The first kappa shape index (κ1) is 12.4. The van der Waals surface area contributed by atoms with Gasteiger partial charge in [-0.3, -0.25) is 11.3 Å². The fraction of sp³-hybridized carbons (Fsp3) is 0.538. The highest BCUT2D eigenvalue weighted by Crippen LogP contribution is 2.33. The Hall–Kier alpha value is -1.10. The fourth-order valence-corrected chi connectivity index (χ4v) is 2.03. The standard InChI is InChI=1S/C13H20N2O2/c1-9(2)17-8-12(15-14)11-5-3-4-10-6-7-16-13(10)11/h3-5,9,12,15H,6-8,14H2,1-2H3. The minimum atomic E-state index is -0.0227. The Morgan fingerprint density at radius 3 is 3.00 bits per heavy atom. The van der Waals surface area contributed by atoms with E-state index in [9.17, 15) is 0 Å². The summed E-state index contributed by atoms with van der Waals surface area (Å²) in [7, 11) is 0. The van der Waals surface area contributed by atoms with E-state index >= 15 is 0 Å². The Morgan fingerprint density at radius 1 is 1.47 bits per heavy atom. The Balaban J connectivity index is 2.16. The third kappa shape index (κ3) is 2.77. The molecular weight excluding hydrogens is 216 g/mol. The molecule has 0 bridgehead atoms. The van der Waals surface area contributed by atoms with Crippen LogP contribution in [0.2, 0.25) is 0 Å². The lowest BCUT2D eigenvalue weighted by molar-refractivity contribution is 0.0606. The van der Waals surface area contributed by atoms with Gasteiger partial charge in [-0.2, -0.15) is 0 Å². The van der Waals surface area contributed by atoms with Crippen molar-refractivity contribution in [3.8, 4) is 5.75 Å². The van der Waals surface area contributed by atoms with Crippen LogP contribution in [0.3, 0.4) is 0 Å². The second-order valence-corrected chi connectivity index (χ2v) is 4.54. The highest BCUT2D eigenvalue weighted by atomic mass is 16.5. The summed E-state index contributed by atoms with van der Waals surface area (Å²) in [4.78, 5) is 0. The van der Waals surface area contributed by atoms with Crippen LogP contribution in [0.4, 0.5) is 0 Å². The summed E-state index contributed by atoms with van der Waals surface area (Å²) in [6.07, 6.45) is 1.18. The van der Waals surface area contributed by atoms with Crippen molar-refractivity contribution in [2.45, 2.75) is 32.4 Å². The first-order valence-electron chi connectivity index (χ1n) is 6.04. The Kier molecular flexibility index (Phi) is 3.99. The monoisotopic (exact) mass is 236 g/mol. The van der Waals surface area contributed by atoms with Gasteiger partial charge in [0, 0.05) is 12.0 Å². The molecule has 0 spiro atoms. The molecule has 0 aliphatic carbocycles. The van der Waals surface area contributed by atoms with Crippen LogP contribution in [0.25, 0.3) is 0 Å². The van der Waals surface area contributed by atoms with Crippen molar-refractivity contribution in [1.82, 2.24) is 5.43 Å². The predicted octanol–water partition coefficient (Wildman–Crippen LogP) is 1.55. The number of rotatable bonds is 5. The van der Waals surface area contributed by atoms with E-state index in [2.05, 4.69) is 11.5 Å². The lowest BCUT2D eigenvalue weighted by Crippen LogP contribution is -2.32. The van der Waals surface area contributed by atoms with Crippen molar-refractivity contribution in [3.63, 3.8) is 0 Å². The molecule has 1 unspecified atom stereocenters. The number of ether oxygens (including phenoxy) is 2. The van der Waals surface area contributed by atoms with Gasteiger partial charge in [-0.25, -0.2) is 0 Å². The van der Waals surface area contributed by atoms with E-state index in [1.807, 2.05) is 26.0 Å². The zero-order chi connectivity index (χ0) is 12.3. The summed E-state index contributed by atoms with van der Waals surface area (Å²) in [6.45, 7) is 5.33. The zero-order valence-corrected chi connectivity index (χ0v) is 10.4. The smallest absolute Gasteiger partial charge is 0.127 e. The van der Waals surface area contributed by atoms with Crippen molar-refractivity contribution in [2.24, 2.45) is 5.84 Å². The molecule has 1 aliphatic heterocycles. The van der Waals surface area contributed by atoms with Gasteiger partial charge in [-0.05, 0) is 19.4 Å². The number of hydrogen-bond donors (Lipinski definition) is 2. The molecule has 0 aromatic heterocycles. The largest absolute Gasteiger partial charge is 0.493 e. The molecule has 0 amide bonds. The summed E-state index contributed by atoms with van der Waals surface area (Å²) in [5.74, 6) is 6.57. The summed E-state index contributed by atoms with van der Waals surface area (Å²) in [6, 6.07) is 6.16. The molecule has 17 heavy (non-hydrogen) atoms. The van der Waals surface area contributed by atoms with Crippen molar-refractivity contribution < 1.29 is 9.47 Å². The molecule has 1 aliphatic rings. The minimum Gasteiger partial charge on any atom is -0.493 e. The molecule has 1 heterocycles. The van der Waals surface area contributed by atoms with Crippen molar-refractivity contribution in [1.29, 1.82) is 0 Å². The average molecular weight is 236 g/mol. The topological polar surface area (TPSA) is 56.5 Å². The molecule has 4 heteroatoms. The second-order valence-electron chi connectivity index (χ2n) is 4.54. The van der Waals surface area contributed by atoms with Crippen molar-refractivity contribution in [2.75, 3.05) is 13.2 Å². The highest BCUT2D eigenvalue weighted by Gasteiger charge is 2.21. The number of benzene rings is 1. The van der Waals surface area contributed by atoms with Gasteiger partial charge in [0.15, 0.2) is 0 Å². The van der Waals surface area contributed by atoms with Gasteiger partial charge in [0.2, 0.25) is 0 Å². The Bertz CT molecular complexity index is 380. The van der Waals surface area contributed by atoms with Gasteiger partial charge >= 0.3 is 0 Å². The van der Waals surface area contributed by atoms with Crippen LogP contribution in [0.5, 0.6) is 5.75 Å². The fourth-order valence-electron chi connectivity index (χ4n) is 2.03. The van der Waals surface area contributed by atoms with Gasteiger partial charge in [0.1, 0.15) is 5.75 Å². The van der Waals surface area contributed by atoms with Crippen molar-refractivity contribution >= 4 is 0 Å². The maximum absolute atomic E-state index is 5.67. The van der Waals surface area contributed by atoms with Crippen LogP contribution < -0.4 is 16.0 Å². The summed E-state index contributed by atoms with van der Waals surface area (Å²) < 4.78 is 11.3. The normalized spacial score (nSPS) is 15.8. The van der Waals surface area contributed by atoms with Crippen molar-refractivity contribution in [3.05, 3.63) is 29.3 Å². The summed E-state index contributed by atoms with van der Waals surface area (Å²) in [5.41, 5.74) is 5.14. The highest BCUT2D eigenvalue weighted by molar-refractivity contribution is 5.45. The molecule has 3 N–H and O–H groups in total. The lowest BCUT2D eigenvalue weighted by atomic mass is 10.0. The third-order valence-electron chi connectivity index (χ3n) is 2.92. The van der Waals surface area contributed by atoms with Crippen LogP contribution >= 0.6 is 0 Å². The van der Waals surface area contributed by atoms with E-state index < -0.39 is 0 Å². The maximum Gasteiger partial charge on any atom is 0.127 e. The van der Waals surface area contributed by atoms with E-state index in [1.54, 1.807) is 0 Å². The summed E-state index contributed by atoms with van der Waals surface area (Å²) >= 11 is 0. The van der Waals surface area contributed by atoms with E-state index in [-0.39, 0.29) is 12.1 Å². The molecule has 0 radical (unpaired) electrons. The average Bonchev–Trinajstić information content (AvgIpc) is 2.78. The quantitative estimate of drug-likeness (QED) is 0.601. The Labute approximate surface area is 102 Å². The molecule has 94 valence electrons. The van der Waals surface area contributed by atoms with Crippen LogP contribution in [0.1, 0.15) is 31.0 Å². The first-order chi connectivity index (χ1) is 8.22. The zero-order valence-electron chi connectivity index (χ0n) is 10.4. The number of fused-ring (bicyclic) bond motifs is 1. The van der Waals surface area contributed by atoms with Crippen LogP contribution in [0.15, 0.2) is 18.2 Å². The number of para-hydroxylation sites is 1. The van der Waals surface area contributed by atoms with Crippen LogP contribution in [0, 0.1) is 0 Å². The summed E-state index contributed by atoms with van der Waals surface area (Å²) in [5, 5.41) is 0. The van der Waals surface area contributed by atoms with Gasteiger partial charge in [-0.15, -0.1) is 0 Å². The molecular formula is C13H20N2O2. The third-order valence-corrected chi connectivity index (χ3v) is 2.92. The number of nitrogens with two attached hydrogens (primary N) is 1. The molecule has 0 saturated heterocycles. The van der Waals surface area contributed by atoms with E-state index in [0.717, 1.165) is 24.3 Å². The number of nitrogens with one attached hydrogen (secondary N) is 1. The molecule has 1 aromatic carbocycles. The molecule has 1 atom stereocenters. The first-order valence-corrected chi connectivity index (χ1v) is 6.04. The van der Waals surface area contributed by atoms with E-state index in [0.29, 0.717) is 6.61 Å². The number of hydrazine groups is 1. The molecule has 0 saturated carbocycles. The lowest BCUT2D eigenvalue weighted by Gasteiger charge is -2.20. The van der Waals surface area contributed by atoms with Gasteiger partial charge in [0.05, 0.1) is 25.4 Å². The predicted molar refractivity (Wildman–Crippen MR) is 66.8 cm³/mol. The van der Waals surface area contributed by atoms with Gasteiger partial charge in [-0.1, -0.05) is 18.2 Å². The molecule has 1 aromatic rings.